The summed E-state index contributed by atoms with van der Waals surface area (Å²) in [7, 11) is 0. The van der Waals surface area contributed by atoms with Gasteiger partial charge in [0.25, 0.3) is 0 Å². The van der Waals surface area contributed by atoms with Gasteiger partial charge in [-0.15, -0.1) is 0 Å². The Hall–Kier alpha value is -2.11. The highest BCUT2D eigenvalue weighted by molar-refractivity contribution is 6.35. The number of halogens is 3. The number of amides is 2. The van der Waals surface area contributed by atoms with Crippen molar-refractivity contribution < 1.29 is 14.0 Å². The zero-order valence-electron chi connectivity index (χ0n) is 12.4. The Morgan fingerprint density at radius 3 is 2.42 bits per heavy atom. The number of hydrogen-bond donors (Lipinski definition) is 2. The van der Waals surface area contributed by atoms with Gasteiger partial charge in [0.05, 0.1) is 22.5 Å². The Morgan fingerprint density at radius 2 is 1.71 bits per heavy atom. The van der Waals surface area contributed by atoms with E-state index in [1.54, 1.807) is 24.3 Å². The van der Waals surface area contributed by atoms with E-state index in [0.29, 0.717) is 27.8 Å². The number of rotatable bonds is 4. The van der Waals surface area contributed by atoms with Crippen molar-refractivity contribution in [1.29, 1.82) is 0 Å². The normalized spacial score (nSPS) is 18.8. The van der Waals surface area contributed by atoms with Crippen LogP contribution in [0.15, 0.2) is 42.5 Å². The van der Waals surface area contributed by atoms with Crippen LogP contribution in [0, 0.1) is 17.7 Å². The van der Waals surface area contributed by atoms with Gasteiger partial charge in [-0.25, -0.2) is 4.39 Å². The highest BCUT2D eigenvalue weighted by Crippen LogP contribution is 2.40. The van der Waals surface area contributed by atoms with Gasteiger partial charge in [0.15, 0.2) is 0 Å². The summed E-state index contributed by atoms with van der Waals surface area (Å²) in [6.07, 6.45) is 0.436. The molecule has 1 aliphatic rings. The van der Waals surface area contributed by atoms with Crippen LogP contribution in [-0.2, 0) is 9.59 Å². The smallest absolute Gasteiger partial charge is 0.228 e. The zero-order valence-corrected chi connectivity index (χ0v) is 13.9. The van der Waals surface area contributed by atoms with Crippen molar-refractivity contribution in [3.63, 3.8) is 0 Å². The summed E-state index contributed by atoms with van der Waals surface area (Å²) in [5, 5.41) is 6.10. The standard InChI is InChI=1S/C17H13Cl2FN2O2/c18-9-4-5-14(19)15(6-9)22-17(24)13-8-12(13)16(23)21-11-3-1-2-10(20)7-11/h1-7,12-13H,8H2,(H,21,23)(H,22,24). The number of carbonyl (C=O) groups is 2. The topological polar surface area (TPSA) is 58.2 Å². The molecule has 24 heavy (non-hydrogen) atoms. The van der Waals surface area contributed by atoms with Crippen LogP contribution in [0.1, 0.15) is 6.42 Å². The van der Waals surface area contributed by atoms with E-state index in [0.717, 1.165) is 0 Å². The quantitative estimate of drug-likeness (QED) is 0.844. The fraction of sp³-hybridized carbons (Fsp3) is 0.176. The predicted molar refractivity (Wildman–Crippen MR) is 91.7 cm³/mol. The second-order valence-corrected chi connectivity index (χ2v) is 6.41. The first-order chi connectivity index (χ1) is 11.4. The Balaban J connectivity index is 1.59. The maximum Gasteiger partial charge on any atom is 0.228 e. The number of hydrogen-bond acceptors (Lipinski definition) is 2. The maximum absolute atomic E-state index is 13.1. The molecule has 0 radical (unpaired) electrons. The first kappa shape index (κ1) is 16.7. The molecule has 0 aromatic heterocycles. The molecule has 1 saturated carbocycles. The number of carbonyl (C=O) groups excluding carboxylic acids is 2. The summed E-state index contributed by atoms with van der Waals surface area (Å²) < 4.78 is 13.1. The fourth-order valence-electron chi connectivity index (χ4n) is 2.39. The average molecular weight is 367 g/mol. The largest absolute Gasteiger partial charge is 0.326 e. The second kappa shape index (κ2) is 6.79. The third kappa shape index (κ3) is 3.86. The molecule has 0 aliphatic heterocycles. The molecule has 2 amide bonds. The molecule has 124 valence electrons. The molecule has 0 saturated heterocycles. The van der Waals surface area contributed by atoms with Gasteiger partial charge in [0.2, 0.25) is 11.8 Å². The molecule has 2 aromatic rings. The van der Waals surface area contributed by atoms with Gasteiger partial charge < -0.3 is 10.6 Å². The van der Waals surface area contributed by atoms with Crippen LogP contribution in [0.4, 0.5) is 15.8 Å². The highest BCUT2D eigenvalue weighted by Gasteiger charge is 2.48. The lowest BCUT2D eigenvalue weighted by molar-refractivity contribution is -0.122. The van der Waals surface area contributed by atoms with Gasteiger partial charge in [0.1, 0.15) is 5.82 Å². The third-order valence-electron chi connectivity index (χ3n) is 3.74. The van der Waals surface area contributed by atoms with Gasteiger partial charge in [-0.3, -0.25) is 9.59 Å². The van der Waals surface area contributed by atoms with Crippen molar-refractivity contribution in [3.05, 3.63) is 58.3 Å². The molecule has 0 bridgehead atoms. The van der Waals surface area contributed by atoms with E-state index in [1.165, 1.54) is 18.2 Å². The summed E-state index contributed by atoms with van der Waals surface area (Å²) >= 11 is 11.9. The van der Waals surface area contributed by atoms with Crippen molar-refractivity contribution in [2.24, 2.45) is 11.8 Å². The number of benzene rings is 2. The van der Waals surface area contributed by atoms with E-state index in [4.69, 9.17) is 23.2 Å². The first-order valence-corrected chi connectivity index (χ1v) is 8.02. The monoisotopic (exact) mass is 366 g/mol. The fourth-order valence-corrected chi connectivity index (χ4v) is 2.73. The van der Waals surface area contributed by atoms with E-state index >= 15 is 0 Å². The SMILES string of the molecule is O=C(Nc1cccc(F)c1)C1CC1C(=O)Nc1cc(Cl)ccc1Cl. The highest BCUT2D eigenvalue weighted by atomic mass is 35.5. The van der Waals surface area contributed by atoms with Crippen LogP contribution < -0.4 is 10.6 Å². The Bertz CT molecular complexity index is 813. The molecule has 2 unspecified atom stereocenters. The molecule has 0 spiro atoms. The molecular formula is C17H13Cl2FN2O2. The lowest BCUT2D eigenvalue weighted by Gasteiger charge is -2.08. The van der Waals surface area contributed by atoms with Crippen LogP contribution in [0.25, 0.3) is 0 Å². The van der Waals surface area contributed by atoms with Crippen LogP contribution in [0.2, 0.25) is 10.0 Å². The molecule has 1 fully saturated rings. The average Bonchev–Trinajstić information content (AvgIpc) is 3.32. The van der Waals surface area contributed by atoms with Crippen LogP contribution >= 0.6 is 23.2 Å². The summed E-state index contributed by atoms with van der Waals surface area (Å²) in [5.74, 6) is -1.91. The molecule has 0 heterocycles. The molecule has 2 N–H and O–H groups in total. The van der Waals surface area contributed by atoms with Crippen molar-refractivity contribution in [3.8, 4) is 0 Å². The van der Waals surface area contributed by atoms with Gasteiger partial charge >= 0.3 is 0 Å². The Morgan fingerprint density at radius 1 is 1.00 bits per heavy atom. The second-order valence-electron chi connectivity index (χ2n) is 5.56. The summed E-state index contributed by atoms with van der Waals surface area (Å²) in [4.78, 5) is 24.3. The zero-order chi connectivity index (χ0) is 17.3. The van der Waals surface area contributed by atoms with Gasteiger partial charge in [-0.1, -0.05) is 29.3 Å². The molecule has 1 aliphatic carbocycles. The minimum Gasteiger partial charge on any atom is -0.326 e. The summed E-state index contributed by atoms with van der Waals surface area (Å²) in [5.41, 5.74) is 0.772. The lowest BCUT2D eigenvalue weighted by Crippen LogP contribution is -2.20. The maximum atomic E-state index is 13.1. The first-order valence-electron chi connectivity index (χ1n) is 7.26. The number of nitrogens with one attached hydrogen (secondary N) is 2. The Kier molecular flexibility index (Phi) is 4.73. The third-order valence-corrected chi connectivity index (χ3v) is 4.31. The number of anilines is 2. The molecule has 4 nitrogen and oxygen atoms in total. The van der Waals surface area contributed by atoms with Crippen molar-refractivity contribution >= 4 is 46.4 Å². The van der Waals surface area contributed by atoms with E-state index < -0.39 is 17.7 Å². The van der Waals surface area contributed by atoms with Gasteiger partial charge in [0, 0.05) is 10.7 Å². The minimum atomic E-state index is -0.439. The van der Waals surface area contributed by atoms with Crippen LogP contribution in [-0.4, -0.2) is 11.8 Å². The Labute approximate surface area is 148 Å². The minimum absolute atomic E-state index is 0.293. The molecule has 2 atom stereocenters. The molecule has 3 rings (SSSR count). The summed E-state index contributed by atoms with van der Waals surface area (Å²) in [6, 6.07) is 10.4. The van der Waals surface area contributed by atoms with Crippen LogP contribution in [0.3, 0.4) is 0 Å². The molecular weight excluding hydrogens is 354 g/mol. The molecule has 7 heteroatoms. The van der Waals surface area contributed by atoms with Crippen molar-refractivity contribution in [2.45, 2.75) is 6.42 Å². The van der Waals surface area contributed by atoms with E-state index in [9.17, 15) is 14.0 Å². The van der Waals surface area contributed by atoms with E-state index in [2.05, 4.69) is 10.6 Å². The summed E-state index contributed by atoms with van der Waals surface area (Å²) in [6.45, 7) is 0. The predicted octanol–water partition coefficient (Wildman–Crippen LogP) is 4.35. The lowest BCUT2D eigenvalue weighted by atomic mass is 10.2. The van der Waals surface area contributed by atoms with E-state index in [1.807, 2.05) is 0 Å². The van der Waals surface area contributed by atoms with Crippen LogP contribution in [0.5, 0.6) is 0 Å². The molecule has 2 aromatic carbocycles. The van der Waals surface area contributed by atoms with E-state index in [-0.39, 0.29) is 11.8 Å². The van der Waals surface area contributed by atoms with Crippen molar-refractivity contribution in [2.75, 3.05) is 10.6 Å². The van der Waals surface area contributed by atoms with Crippen molar-refractivity contribution in [1.82, 2.24) is 0 Å². The van der Waals surface area contributed by atoms with Gasteiger partial charge in [-0.05, 0) is 42.8 Å². The van der Waals surface area contributed by atoms with Gasteiger partial charge in [-0.2, -0.15) is 0 Å².